The highest BCUT2D eigenvalue weighted by Crippen LogP contribution is 2.18. The highest BCUT2D eigenvalue weighted by molar-refractivity contribution is 7.98. The lowest BCUT2D eigenvalue weighted by molar-refractivity contribution is -0.143. The normalized spacial score (nSPS) is 9.58. The number of aliphatic carboxylic acids is 4. The molecule has 0 heterocycles. The topological polar surface area (TPSA) is 175 Å². The fourth-order valence-corrected chi connectivity index (χ4v) is 2.76. The van der Waals surface area contributed by atoms with E-state index in [1.807, 2.05) is 11.8 Å². The monoisotopic (exact) mass is 453 g/mol. The van der Waals surface area contributed by atoms with Crippen molar-refractivity contribution in [3.05, 3.63) is 48.0 Å². The molecule has 0 aromatic heterocycles. The van der Waals surface area contributed by atoms with Gasteiger partial charge in [0.15, 0.2) is 0 Å². The van der Waals surface area contributed by atoms with Crippen molar-refractivity contribution in [3.63, 3.8) is 0 Å². The Bertz CT molecular complexity index is 800. The first-order valence-corrected chi connectivity index (χ1v) is 10.4. The standard InChI is InChI=1S/C13H15NS.2C4H6O4/c14-7-8-15-10-11-5-6-12-3-1-2-4-13(12)9-11;2*5-3(6)1-2-4(7)8/h1-6,9H,7-8,10,14H2;2*1-2H2,(H,5,6)(H,7,8). The summed E-state index contributed by atoms with van der Waals surface area (Å²) in [5.41, 5.74) is 6.84. The smallest absolute Gasteiger partial charge is 0.303 e. The molecule has 0 aliphatic heterocycles. The van der Waals surface area contributed by atoms with E-state index in [-0.39, 0.29) is 25.7 Å². The number of rotatable bonds is 10. The minimum atomic E-state index is -1.08. The minimum absolute atomic E-state index is 0.296. The third-order valence-corrected chi connectivity index (χ3v) is 4.51. The van der Waals surface area contributed by atoms with Gasteiger partial charge in [-0.1, -0.05) is 42.5 Å². The van der Waals surface area contributed by atoms with Crippen molar-refractivity contribution in [2.75, 3.05) is 12.3 Å². The summed E-state index contributed by atoms with van der Waals surface area (Å²) in [5.74, 6) is -2.21. The summed E-state index contributed by atoms with van der Waals surface area (Å²) in [6, 6.07) is 15.1. The van der Waals surface area contributed by atoms with Crippen LogP contribution in [0.4, 0.5) is 0 Å². The van der Waals surface area contributed by atoms with Crippen LogP contribution in [-0.4, -0.2) is 56.6 Å². The van der Waals surface area contributed by atoms with Gasteiger partial charge in [0, 0.05) is 18.1 Å². The molecular weight excluding hydrogens is 426 g/mol. The predicted molar refractivity (Wildman–Crippen MR) is 118 cm³/mol. The van der Waals surface area contributed by atoms with Crippen molar-refractivity contribution in [1.82, 2.24) is 0 Å². The first kappa shape index (κ1) is 27.9. The fraction of sp³-hybridized carbons (Fsp3) is 0.333. The molecule has 0 aliphatic carbocycles. The minimum Gasteiger partial charge on any atom is -0.481 e. The first-order valence-electron chi connectivity index (χ1n) is 9.28. The van der Waals surface area contributed by atoms with Gasteiger partial charge < -0.3 is 26.2 Å². The molecule has 170 valence electrons. The van der Waals surface area contributed by atoms with Crippen LogP contribution >= 0.6 is 11.8 Å². The van der Waals surface area contributed by atoms with Crippen LogP contribution < -0.4 is 5.73 Å². The van der Waals surface area contributed by atoms with E-state index in [1.165, 1.54) is 16.3 Å². The number of benzene rings is 2. The Balaban J connectivity index is 0.000000483. The summed E-state index contributed by atoms with van der Waals surface area (Å²) >= 11 is 1.89. The van der Waals surface area contributed by atoms with Crippen LogP contribution in [0.25, 0.3) is 10.8 Å². The Labute approximate surface area is 183 Å². The van der Waals surface area contributed by atoms with E-state index >= 15 is 0 Å². The maximum absolute atomic E-state index is 9.64. The molecule has 0 bridgehead atoms. The van der Waals surface area contributed by atoms with Crippen molar-refractivity contribution < 1.29 is 39.6 Å². The molecule has 31 heavy (non-hydrogen) atoms. The zero-order chi connectivity index (χ0) is 23.6. The molecule has 2 aromatic carbocycles. The average molecular weight is 454 g/mol. The summed E-state index contributed by atoms with van der Waals surface area (Å²) < 4.78 is 0. The van der Waals surface area contributed by atoms with Crippen molar-refractivity contribution in [3.8, 4) is 0 Å². The molecule has 2 aromatic rings. The molecule has 0 atom stereocenters. The van der Waals surface area contributed by atoms with Gasteiger partial charge in [-0.2, -0.15) is 11.8 Å². The van der Waals surface area contributed by atoms with Crippen LogP contribution in [0.3, 0.4) is 0 Å². The predicted octanol–water partition coefficient (Wildman–Crippen LogP) is 2.90. The number of carboxylic acid groups (broad SMARTS) is 4. The maximum atomic E-state index is 9.64. The van der Waals surface area contributed by atoms with Gasteiger partial charge in [0.25, 0.3) is 0 Å². The van der Waals surface area contributed by atoms with E-state index in [0.717, 1.165) is 18.1 Å². The molecule has 0 saturated carbocycles. The molecule has 9 nitrogen and oxygen atoms in total. The number of hydrogen-bond donors (Lipinski definition) is 5. The van der Waals surface area contributed by atoms with E-state index in [1.54, 1.807) is 0 Å². The second-order valence-corrected chi connectivity index (χ2v) is 7.20. The molecule has 0 saturated heterocycles. The second-order valence-electron chi connectivity index (χ2n) is 6.10. The molecule has 0 amide bonds. The third kappa shape index (κ3) is 16.4. The second kappa shape index (κ2) is 16.7. The molecule has 0 radical (unpaired) electrons. The van der Waals surface area contributed by atoms with E-state index in [0.29, 0.717) is 0 Å². The van der Waals surface area contributed by atoms with Crippen molar-refractivity contribution in [1.29, 1.82) is 0 Å². The van der Waals surface area contributed by atoms with Gasteiger partial charge in [-0.15, -0.1) is 0 Å². The van der Waals surface area contributed by atoms with E-state index in [9.17, 15) is 19.2 Å². The lowest BCUT2D eigenvalue weighted by Crippen LogP contribution is -2.01. The fourth-order valence-electron chi connectivity index (χ4n) is 2.03. The summed E-state index contributed by atoms with van der Waals surface area (Å²) in [4.78, 5) is 38.6. The molecule has 0 aliphatic rings. The van der Waals surface area contributed by atoms with Gasteiger partial charge >= 0.3 is 23.9 Å². The Morgan fingerprint density at radius 2 is 1.16 bits per heavy atom. The maximum Gasteiger partial charge on any atom is 0.303 e. The number of carboxylic acids is 4. The molecule has 2 rings (SSSR count). The van der Waals surface area contributed by atoms with Crippen molar-refractivity contribution in [2.45, 2.75) is 31.4 Å². The highest BCUT2D eigenvalue weighted by Gasteiger charge is 2.01. The Morgan fingerprint density at radius 1 is 0.710 bits per heavy atom. The van der Waals surface area contributed by atoms with Gasteiger partial charge in [-0.25, -0.2) is 0 Å². The molecule has 6 N–H and O–H groups in total. The van der Waals surface area contributed by atoms with E-state index in [2.05, 4.69) is 42.5 Å². The van der Waals surface area contributed by atoms with Crippen LogP contribution in [0.1, 0.15) is 31.2 Å². The van der Waals surface area contributed by atoms with Crippen LogP contribution in [0, 0.1) is 0 Å². The van der Waals surface area contributed by atoms with Crippen LogP contribution in [-0.2, 0) is 24.9 Å². The van der Waals surface area contributed by atoms with Crippen LogP contribution in [0.5, 0.6) is 0 Å². The van der Waals surface area contributed by atoms with Gasteiger partial charge in [-0.3, -0.25) is 19.2 Å². The molecule has 0 spiro atoms. The molecule has 0 fully saturated rings. The molecule has 10 heteroatoms. The van der Waals surface area contributed by atoms with E-state index in [4.69, 9.17) is 26.2 Å². The van der Waals surface area contributed by atoms with Gasteiger partial charge in [0.2, 0.25) is 0 Å². The van der Waals surface area contributed by atoms with Gasteiger partial charge in [0.05, 0.1) is 25.7 Å². The highest BCUT2D eigenvalue weighted by atomic mass is 32.2. The molecule has 0 unspecified atom stereocenters. The lowest BCUT2D eigenvalue weighted by atomic mass is 10.1. The Kier molecular flexibility index (Phi) is 15.0. The van der Waals surface area contributed by atoms with Crippen molar-refractivity contribution >= 4 is 46.4 Å². The zero-order valence-corrected chi connectivity index (χ0v) is 17.7. The third-order valence-electron chi connectivity index (χ3n) is 3.45. The van der Waals surface area contributed by atoms with Crippen molar-refractivity contribution in [2.24, 2.45) is 5.73 Å². The first-order chi connectivity index (χ1) is 14.6. The largest absolute Gasteiger partial charge is 0.481 e. The quantitative estimate of drug-likeness (QED) is 0.336. The number of thioether (sulfide) groups is 1. The summed E-state index contributed by atoms with van der Waals surface area (Å²) in [5, 5.41) is 34.2. The average Bonchev–Trinajstić information content (AvgIpc) is 2.72. The van der Waals surface area contributed by atoms with Crippen LogP contribution in [0.2, 0.25) is 0 Å². The number of hydrogen-bond acceptors (Lipinski definition) is 6. The van der Waals surface area contributed by atoms with Crippen LogP contribution in [0.15, 0.2) is 42.5 Å². The summed E-state index contributed by atoms with van der Waals surface area (Å²) in [7, 11) is 0. The lowest BCUT2D eigenvalue weighted by Gasteiger charge is -2.03. The van der Waals surface area contributed by atoms with Gasteiger partial charge in [-0.05, 0) is 16.3 Å². The number of nitrogens with two attached hydrogens (primary N) is 1. The van der Waals surface area contributed by atoms with E-state index < -0.39 is 23.9 Å². The number of fused-ring (bicyclic) bond motifs is 1. The Hall–Kier alpha value is -3.11. The Morgan fingerprint density at radius 3 is 1.58 bits per heavy atom. The summed E-state index contributed by atoms with van der Waals surface area (Å²) in [6.45, 7) is 0.762. The number of carbonyl (C=O) groups is 4. The molecular formula is C21H27NO8S. The van der Waals surface area contributed by atoms with Gasteiger partial charge in [0.1, 0.15) is 0 Å². The summed E-state index contributed by atoms with van der Waals surface area (Å²) in [6.07, 6.45) is -1.19. The SMILES string of the molecule is NCCSCc1ccc2ccccc2c1.O=C(O)CCC(=O)O.O=C(O)CCC(=O)O. The zero-order valence-electron chi connectivity index (χ0n) is 16.9.